The zero-order chi connectivity index (χ0) is 21.5. The van der Waals surface area contributed by atoms with Crippen molar-refractivity contribution in [1.82, 2.24) is 15.1 Å². The summed E-state index contributed by atoms with van der Waals surface area (Å²) in [6.45, 7) is 8.61. The number of ether oxygens (including phenoxy) is 1. The topological polar surface area (TPSA) is 76.4 Å². The van der Waals surface area contributed by atoms with Crippen LogP contribution >= 0.6 is 0 Å². The van der Waals surface area contributed by atoms with Gasteiger partial charge < -0.3 is 15.2 Å². The smallest absolute Gasteiger partial charge is 0.258 e. The van der Waals surface area contributed by atoms with Gasteiger partial charge in [-0.15, -0.1) is 0 Å². The van der Waals surface area contributed by atoms with Crippen LogP contribution in [-0.4, -0.2) is 40.0 Å². The lowest BCUT2D eigenvalue weighted by atomic mass is 9.54. The molecule has 1 aromatic rings. The highest BCUT2D eigenvalue weighted by Crippen LogP contribution is 2.53. The van der Waals surface area contributed by atoms with E-state index >= 15 is 0 Å². The third-order valence-corrected chi connectivity index (χ3v) is 7.15. The average Bonchev–Trinajstić information content (AvgIpc) is 3.10. The van der Waals surface area contributed by atoms with Crippen molar-refractivity contribution in [3.8, 4) is 5.88 Å². The lowest BCUT2D eigenvalue weighted by molar-refractivity contribution is -0.0120. The minimum Gasteiger partial charge on any atom is -0.477 e. The first-order chi connectivity index (χ1) is 14.3. The van der Waals surface area contributed by atoms with E-state index < -0.39 is 0 Å². The SMILES string of the molecule is CC(C)COc1c(C(=O)NC2C3CC4CC(C3)CC2C4)cnn1/C=C/C(C)(C)CO. The third-order valence-electron chi connectivity index (χ3n) is 7.15. The van der Waals surface area contributed by atoms with Crippen LogP contribution in [0.1, 0.15) is 70.2 Å². The van der Waals surface area contributed by atoms with Crippen LogP contribution < -0.4 is 10.1 Å². The van der Waals surface area contributed by atoms with E-state index in [4.69, 9.17) is 4.74 Å². The molecular weight excluding hydrogens is 378 g/mol. The van der Waals surface area contributed by atoms with Crippen molar-refractivity contribution in [3.63, 3.8) is 0 Å². The standard InChI is InChI=1S/C24H37N3O3/c1-15(2)13-30-23-20(12-25-27(23)6-5-24(3,4)14-28)22(29)26-21-18-8-16-7-17(10-18)11-19(21)9-16/h5-6,12,15-19,21,28H,7-11,13-14H2,1-4H3,(H,26,29)/b6-5+. The Bertz CT molecular complexity index is 768. The Kier molecular flexibility index (Phi) is 5.97. The average molecular weight is 416 g/mol. The molecule has 0 atom stereocenters. The summed E-state index contributed by atoms with van der Waals surface area (Å²) in [6, 6.07) is 0.287. The fraction of sp³-hybridized carbons (Fsp3) is 0.750. The van der Waals surface area contributed by atoms with E-state index in [9.17, 15) is 9.90 Å². The molecule has 4 fully saturated rings. The quantitative estimate of drug-likeness (QED) is 0.674. The molecule has 4 saturated carbocycles. The normalized spacial score (nSPS) is 30.4. The summed E-state index contributed by atoms with van der Waals surface area (Å²) in [7, 11) is 0. The molecule has 0 aliphatic heterocycles. The molecule has 0 saturated heterocycles. The number of hydrogen-bond acceptors (Lipinski definition) is 4. The van der Waals surface area contributed by atoms with Crippen molar-refractivity contribution in [2.75, 3.05) is 13.2 Å². The number of carbonyl (C=O) groups is 1. The molecule has 6 nitrogen and oxygen atoms in total. The van der Waals surface area contributed by atoms with E-state index in [2.05, 4.69) is 24.3 Å². The van der Waals surface area contributed by atoms with Gasteiger partial charge in [-0.25, -0.2) is 4.68 Å². The second kappa shape index (κ2) is 8.37. The Morgan fingerprint density at radius 3 is 2.47 bits per heavy atom. The Labute approximate surface area is 180 Å². The van der Waals surface area contributed by atoms with Crippen molar-refractivity contribution in [2.45, 2.75) is 65.8 Å². The summed E-state index contributed by atoms with van der Waals surface area (Å²) < 4.78 is 7.64. The molecule has 6 heteroatoms. The molecule has 1 heterocycles. The summed E-state index contributed by atoms with van der Waals surface area (Å²) in [4.78, 5) is 13.3. The molecule has 30 heavy (non-hydrogen) atoms. The van der Waals surface area contributed by atoms with Crippen LogP contribution in [-0.2, 0) is 0 Å². The molecule has 1 aromatic heterocycles. The molecule has 0 aromatic carbocycles. The van der Waals surface area contributed by atoms with Crippen LogP contribution in [0.3, 0.4) is 0 Å². The number of aliphatic hydroxyl groups excluding tert-OH is 1. The summed E-state index contributed by atoms with van der Waals surface area (Å²) in [5.41, 5.74) is 0.125. The molecule has 4 aliphatic rings. The van der Waals surface area contributed by atoms with Gasteiger partial charge in [-0.2, -0.15) is 5.10 Å². The highest BCUT2D eigenvalue weighted by molar-refractivity contribution is 5.96. The van der Waals surface area contributed by atoms with E-state index in [1.54, 1.807) is 17.1 Å². The van der Waals surface area contributed by atoms with Gasteiger partial charge in [0.25, 0.3) is 5.91 Å². The predicted molar refractivity (Wildman–Crippen MR) is 117 cm³/mol. The zero-order valence-electron chi connectivity index (χ0n) is 18.8. The van der Waals surface area contributed by atoms with E-state index in [-0.39, 0.29) is 24.0 Å². The van der Waals surface area contributed by atoms with Crippen molar-refractivity contribution in [2.24, 2.45) is 35.0 Å². The summed E-state index contributed by atoms with van der Waals surface area (Å²) in [5.74, 6) is 3.77. The maximum absolute atomic E-state index is 13.3. The monoisotopic (exact) mass is 415 g/mol. The van der Waals surface area contributed by atoms with Crippen LogP contribution in [0.15, 0.2) is 12.3 Å². The molecule has 4 aliphatic carbocycles. The van der Waals surface area contributed by atoms with Gasteiger partial charge in [0.05, 0.1) is 19.4 Å². The summed E-state index contributed by atoms with van der Waals surface area (Å²) in [6.07, 6.45) is 11.8. The third kappa shape index (κ3) is 4.43. The molecule has 5 rings (SSSR count). The van der Waals surface area contributed by atoms with E-state index in [1.165, 1.54) is 32.1 Å². The number of aliphatic hydroxyl groups is 1. The number of rotatable bonds is 8. The second-order valence-corrected chi connectivity index (χ2v) is 10.9. The van der Waals surface area contributed by atoms with Gasteiger partial charge >= 0.3 is 0 Å². The van der Waals surface area contributed by atoms with Crippen LogP contribution in [0.25, 0.3) is 6.20 Å². The number of hydrogen-bond donors (Lipinski definition) is 2. The fourth-order valence-electron chi connectivity index (χ4n) is 5.72. The maximum atomic E-state index is 13.3. The van der Waals surface area contributed by atoms with Crippen molar-refractivity contribution in [3.05, 3.63) is 17.8 Å². The molecular formula is C24H37N3O3. The summed E-state index contributed by atoms with van der Waals surface area (Å²) >= 11 is 0. The van der Waals surface area contributed by atoms with Gasteiger partial charge in [0.2, 0.25) is 5.88 Å². The lowest BCUT2D eigenvalue weighted by Crippen LogP contribution is -2.55. The van der Waals surface area contributed by atoms with Crippen molar-refractivity contribution in [1.29, 1.82) is 0 Å². The molecule has 4 bridgehead atoms. The maximum Gasteiger partial charge on any atom is 0.258 e. The highest BCUT2D eigenvalue weighted by Gasteiger charge is 2.48. The Morgan fingerprint density at radius 2 is 1.90 bits per heavy atom. The van der Waals surface area contributed by atoms with Gasteiger partial charge in [-0.3, -0.25) is 4.79 Å². The molecule has 2 N–H and O–H groups in total. The predicted octanol–water partition coefficient (Wildman–Crippen LogP) is 3.96. The first-order valence-corrected chi connectivity index (χ1v) is 11.6. The molecule has 0 unspecified atom stereocenters. The lowest BCUT2D eigenvalue weighted by Gasteiger charge is -2.54. The Hall–Kier alpha value is -1.82. The zero-order valence-corrected chi connectivity index (χ0v) is 18.8. The number of aromatic nitrogens is 2. The Balaban J connectivity index is 1.52. The molecule has 166 valence electrons. The largest absolute Gasteiger partial charge is 0.477 e. The molecule has 0 spiro atoms. The van der Waals surface area contributed by atoms with Crippen LogP contribution in [0.4, 0.5) is 0 Å². The number of nitrogens with one attached hydrogen (secondary N) is 1. The second-order valence-electron chi connectivity index (χ2n) is 10.9. The van der Waals surface area contributed by atoms with Crippen molar-refractivity contribution < 1.29 is 14.6 Å². The number of amides is 1. The molecule has 0 radical (unpaired) electrons. The highest BCUT2D eigenvalue weighted by atomic mass is 16.5. The fourth-order valence-corrected chi connectivity index (χ4v) is 5.72. The van der Waals surface area contributed by atoms with Crippen molar-refractivity contribution >= 4 is 12.1 Å². The first-order valence-electron chi connectivity index (χ1n) is 11.6. The van der Waals surface area contributed by atoms with Gasteiger partial charge in [0.15, 0.2) is 0 Å². The Morgan fingerprint density at radius 1 is 1.27 bits per heavy atom. The van der Waals surface area contributed by atoms with Gasteiger partial charge in [0.1, 0.15) is 5.56 Å². The van der Waals surface area contributed by atoms with Gasteiger partial charge in [-0.1, -0.05) is 33.8 Å². The summed E-state index contributed by atoms with van der Waals surface area (Å²) in [5, 5.41) is 17.3. The minimum absolute atomic E-state index is 0.0345. The van der Waals surface area contributed by atoms with Crippen LogP contribution in [0.2, 0.25) is 0 Å². The van der Waals surface area contributed by atoms with E-state index in [0.717, 1.165) is 11.8 Å². The van der Waals surface area contributed by atoms with E-state index in [1.807, 2.05) is 19.9 Å². The van der Waals surface area contributed by atoms with E-state index in [0.29, 0.717) is 35.8 Å². The van der Waals surface area contributed by atoms with Gasteiger partial charge in [0, 0.05) is 17.7 Å². The van der Waals surface area contributed by atoms with Crippen LogP contribution in [0.5, 0.6) is 5.88 Å². The van der Waals surface area contributed by atoms with Gasteiger partial charge in [-0.05, 0) is 61.7 Å². The number of nitrogens with zero attached hydrogens (tertiary/aromatic N) is 2. The molecule has 1 amide bonds. The minimum atomic E-state index is -0.371. The first kappa shape index (κ1) is 21.4. The number of carbonyl (C=O) groups excluding carboxylic acids is 1. The van der Waals surface area contributed by atoms with Crippen LogP contribution in [0, 0.1) is 35.0 Å².